The number of ether oxygens (including phenoxy) is 1. The van der Waals surface area contributed by atoms with E-state index in [0.717, 1.165) is 25.3 Å². The molecular weight excluding hydrogens is 285 g/mol. The highest BCUT2D eigenvalue weighted by molar-refractivity contribution is 5.93. The van der Waals surface area contributed by atoms with Gasteiger partial charge in [-0.2, -0.15) is 0 Å². The zero-order chi connectivity index (χ0) is 15.5. The second kappa shape index (κ2) is 6.34. The van der Waals surface area contributed by atoms with Gasteiger partial charge in [0.05, 0.1) is 0 Å². The molecule has 1 aliphatic carbocycles. The van der Waals surface area contributed by atoms with Gasteiger partial charge in [-0.25, -0.2) is 0 Å². The van der Waals surface area contributed by atoms with Crippen molar-refractivity contribution < 1.29 is 22.7 Å². The van der Waals surface area contributed by atoms with Gasteiger partial charge >= 0.3 is 6.36 Å². The minimum atomic E-state index is -4.75. The maximum absolute atomic E-state index is 12.2. The Balaban J connectivity index is 2.02. The lowest BCUT2D eigenvalue weighted by molar-refractivity contribution is -0.274. The van der Waals surface area contributed by atoms with Crippen molar-refractivity contribution in [3.63, 3.8) is 0 Å². The Morgan fingerprint density at radius 2 is 2.14 bits per heavy atom. The van der Waals surface area contributed by atoms with Gasteiger partial charge in [0, 0.05) is 17.7 Å². The molecule has 1 aromatic rings. The molecule has 1 saturated carbocycles. The van der Waals surface area contributed by atoms with Crippen molar-refractivity contribution in [1.82, 2.24) is 0 Å². The molecule has 2 rings (SSSR count). The van der Waals surface area contributed by atoms with Gasteiger partial charge in [0.25, 0.3) is 0 Å². The van der Waals surface area contributed by atoms with Gasteiger partial charge in [0.1, 0.15) is 5.75 Å². The summed E-state index contributed by atoms with van der Waals surface area (Å²) in [5, 5.41) is 2.63. The quantitative estimate of drug-likeness (QED) is 0.899. The largest absolute Gasteiger partial charge is 0.573 e. The van der Waals surface area contributed by atoms with Gasteiger partial charge in [-0.1, -0.05) is 12.5 Å². The van der Waals surface area contributed by atoms with Crippen LogP contribution in [0.2, 0.25) is 0 Å². The molecule has 0 saturated heterocycles. The summed E-state index contributed by atoms with van der Waals surface area (Å²) in [6.45, 7) is 0.440. The number of carbonyl (C=O) groups is 1. The number of alkyl halides is 3. The van der Waals surface area contributed by atoms with Crippen LogP contribution in [0.15, 0.2) is 24.3 Å². The molecule has 2 unspecified atom stereocenters. The normalized spacial score (nSPS) is 22.1. The van der Waals surface area contributed by atoms with E-state index in [4.69, 9.17) is 5.73 Å². The van der Waals surface area contributed by atoms with Crippen LogP contribution < -0.4 is 15.8 Å². The van der Waals surface area contributed by atoms with Crippen molar-refractivity contribution in [2.45, 2.75) is 25.6 Å². The molecule has 7 heteroatoms. The monoisotopic (exact) mass is 302 g/mol. The summed E-state index contributed by atoms with van der Waals surface area (Å²) in [6, 6.07) is 5.25. The zero-order valence-corrected chi connectivity index (χ0v) is 11.3. The van der Waals surface area contributed by atoms with Crippen LogP contribution in [0.5, 0.6) is 5.75 Å². The minimum Gasteiger partial charge on any atom is -0.406 e. The second-order valence-electron chi connectivity index (χ2n) is 5.10. The molecule has 1 amide bonds. The number of hydrogen-bond acceptors (Lipinski definition) is 3. The number of nitrogens with two attached hydrogens (primary N) is 1. The van der Waals surface area contributed by atoms with E-state index in [-0.39, 0.29) is 29.2 Å². The van der Waals surface area contributed by atoms with Crippen LogP contribution in [0.3, 0.4) is 0 Å². The van der Waals surface area contributed by atoms with Crippen LogP contribution in [-0.4, -0.2) is 18.8 Å². The molecule has 0 bridgehead atoms. The van der Waals surface area contributed by atoms with E-state index in [1.54, 1.807) is 0 Å². The Morgan fingerprint density at radius 1 is 1.38 bits per heavy atom. The van der Waals surface area contributed by atoms with Gasteiger partial charge in [0.2, 0.25) is 5.91 Å². The van der Waals surface area contributed by atoms with Crippen LogP contribution in [0, 0.1) is 11.8 Å². The van der Waals surface area contributed by atoms with Crippen molar-refractivity contribution in [2.75, 3.05) is 11.9 Å². The molecule has 4 nitrogen and oxygen atoms in total. The lowest BCUT2D eigenvalue weighted by Gasteiger charge is -2.17. The second-order valence-corrected chi connectivity index (χ2v) is 5.10. The van der Waals surface area contributed by atoms with Crippen molar-refractivity contribution in [3.8, 4) is 5.75 Å². The number of rotatable bonds is 4. The van der Waals surface area contributed by atoms with Crippen LogP contribution >= 0.6 is 0 Å². The molecule has 116 valence electrons. The SMILES string of the molecule is NCC1CCCC1C(=O)Nc1cccc(OC(F)(F)F)c1. The van der Waals surface area contributed by atoms with E-state index in [9.17, 15) is 18.0 Å². The number of hydrogen-bond donors (Lipinski definition) is 2. The van der Waals surface area contributed by atoms with E-state index in [1.807, 2.05) is 0 Å². The summed E-state index contributed by atoms with van der Waals surface area (Å²) >= 11 is 0. The van der Waals surface area contributed by atoms with Gasteiger partial charge in [-0.15, -0.1) is 13.2 Å². The Bertz CT molecular complexity index is 505. The molecule has 0 spiro atoms. The summed E-state index contributed by atoms with van der Waals surface area (Å²) < 4.78 is 40.3. The Kier molecular flexibility index (Phi) is 4.72. The molecule has 0 aromatic heterocycles. The topological polar surface area (TPSA) is 64.4 Å². The maximum Gasteiger partial charge on any atom is 0.573 e. The molecule has 0 aliphatic heterocycles. The molecule has 3 N–H and O–H groups in total. The molecular formula is C14H17F3N2O2. The predicted octanol–water partition coefficient (Wildman–Crippen LogP) is 2.90. The fourth-order valence-corrected chi connectivity index (χ4v) is 2.67. The molecule has 2 atom stereocenters. The summed E-state index contributed by atoms with van der Waals surface area (Å²) in [4.78, 5) is 12.2. The predicted molar refractivity (Wildman–Crippen MR) is 71.6 cm³/mol. The maximum atomic E-state index is 12.2. The molecule has 1 aliphatic rings. The molecule has 1 fully saturated rings. The summed E-state index contributed by atoms with van der Waals surface area (Å²) in [6.07, 6.45) is -2.14. The Labute approximate surface area is 120 Å². The van der Waals surface area contributed by atoms with Crippen molar-refractivity contribution in [3.05, 3.63) is 24.3 Å². The van der Waals surface area contributed by atoms with E-state index < -0.39 is 6.36 Å². The lowest BCUT2D eigenvalue weighted by atomic mass is 9.95. The average Bonchev–Trinajstić information content (AvgIpc) is 2.85. The summed E-state index contributed by atoms with van der Waals surface area (Å²) in [7, 11) is 0. The van der Waals surface area contributed by atoms with Gasteiger partial charge in [-0.3, -0.25) is 4.79 Å². The summed E-state index contributed by atoms with van der Waals surface area (Å²) in [5.41, 5.74) is 5.91. The number of halogens is 3. The number of carbonyl (C=O) groups excluding carboxylic acids is 1. The fourth-order valence-electron chi connectivity index (χ4n) is 2.67. The third-order valence-corrected chi connectivity index (χ3v) is 3.63. The lowest BCUT2D eigenvalue weighted by Crippen LogP contribution is -2.29. The van der Waals surface area contributed by atoms with E-state index >= 15 is 0 Å². The van der Waals surface area contributed by atoms with Crippen molar-refractivity contribution in [2.24, 2.45) is 17.6 Å². The Hall–Kier alpha value is -1.76. The van der Waals surface area contributed by atoms with Crippen LogP contribution in [-0.2, 0) is 4.79 Å². The van der Waals surface area contributed by atoms with E-state index in [1.165, 1.54) is 18.2 Å². The smallest absolute Gasteiger partial charge is 0.406 e. The third kappa shape index (κ3) is 4.35. The highest BCUT2D eigenvalue weighted by Gasteiger charge is 2.33. The van der Waals surface area contributed by atoms with Gasteiger partial charge < -0.3 is 15.8 Å². The molecule has 21 heavy (non-hydrogen) atoms. The van der Waals surface area contributed by atoms with Gasteiger partial charge in [0.15, 0.2) is 0 Å². The van der Waals surface area contributed by atoms with Crippen LogP contribution in [0.1, 0.15) is 19.3 Å². The highest BCUT2D eigenvalue weighted by Crippen LogP contribution is 2.32. The minimum absolute atomic E-state index is 0.139. The summed E-state index contributed by atoms with van der Waals surface area (Å²) in [5.74, 6) is -0.601. The number of amides is 1. The van der Waals surface area contributed by atoms with Gasteiger partial charge in [-0.05, 0) is 37.4 Å². The fraction of sp³-hybridized carbons (Fsp3) is 0.500. The first-order valence-corrected chi connectivity index (χ1v) is 6.76. The standard InChI is InChI=1S/C14H17F3N2O2/c15-14(16,17)21-11-5-2-4-10(7-11)19-13(20)12-6-1-3-9(12)8-18/h2,4-5,7,9,12H,1,3,6,8,18H2,(H,19,20). The third-order valence-electron chi connectivity index (χ3n) is 3.63. The molecule has 1 aromatic carbocycles. The first kappa shape index (κ1) is 15.6. The Morgan fingerprint density at radius 3 is 2.81 bits per heavy atom. The number of benzene rings is 1. The van der Waals surface area contributed by atoms with E-state index in [0.29, 0.717) is 6.54 Å². The number of nitrogens with one attached hydrogen (secondary N) is 1. The first-order chi connectivity index (χ1) is 9.89. The van der Waals surface area contributed by atoms with Crippen LogP contribution in [0.25, 0.3) is 0 Å². The average molecular weight is 302 g/mol. The zero-order valence-electron chi connectivity index (χ0n) is 11.3. The highest BCUT2D eigenvalue weighted by atomic mass is 19.4. The van der Waals surface area contributed by atoms with Crippen LogP contribution in [0.4, 0.5) is 18.9 Å². The molecule has 0 radical (unpaired) electrons. The van der Waals surface area contributed by atoms with Crippen molar-refractivity contribution >= 4 is 11.6 Å². The first-order valence-electron chi connectivity index (χ1n) is 6.76. The number of anilines is 1. The van der Waals surface area contributed by atoms with Crippen molar-refractivity contribution in [1.29, 1.82) is 0 Å². The van der Waals surface area contributed by atoms with E-state index in [2.05, 4.69) is 10.1 Å². The molecule has 0 heterocycles.